The highest BCUT2D eigenvalue weighted by Gasteiger charge is 2.61. The maximum absolute atomic E-state index is 13.5. The van der Waals surface area contributed by atoms with Crippen molar-refractivity contribution in [3.63, 3.8) is 0 Å². The number of halogens is 3. The quantitative estimate of drug-likeness (QED) is 0.866. The summed E-state index contributed by atoms with van der Waals surface area (Å²) in [7, 11) is 1.36. The lowest BCUT2D eigenvalue weighted by atomic mass is 9.92. The van der Waals surface area contributed by atoms with Crippen molar-refractivity contribution in [1.29, 1.82) is 5.26 Å². The largest absolute Gasteiger partial charge is 0.497 e. The van der Waals surface area contributed by atoms with E-state index in [4.69, 9.17) is 14.7 Å². The Hall–Kier alpha value is -2.79. The number of hydrogen-bond donors (Lipinski definition) is 1. The van der Waals surface area contributed by atoms with Crippen LogP contribution in [-0.2, 0) is 5.79 Å². The molecule has 2 heterocycles. The lowest BCUT2D eigenvalue weighted by Gasteiger charge is -2.36. The van der Waals surface area contributed by atoms with Crippen molar-refractivity contribution in [2.24, 2.45) is 0 Å². The number of nitriles is 1. The predicted molar refractivity (Wildman–Crippen MR) is 76.3 cm³/mol. The van der Waals surface area contributed by atoms with Crippen LogP contribution in [0.4, 0.5) is 13.2 Å². The van der Waals surface area contributed by atoms with E-state index in [0.717, 1.165) is 6.07 Å². The molecule has 5 nitrogen and oxygen atoms in total. The second kappa shape index (κ2) is 5.11. The van der Waals surface area contributed by atoms with Gasteiger partial charge in [-0.1, -0.05) is 0 Å². The molecule has 0 bridgehead atoms. The molecule has 1 atom stereocenters. The summed E-state index contributed by atoms with van der Waals surface area (Å²) in [5.74, 6) is -3.54. The monoisotopic (exact) mass is 336 g/mol. The molecule has 24 heavy (non-hydrogen) atoms. The average Bonchev–Trinajstić information content (AvgIpc) is 2.52. The number of rotatable bonds is 1. The van der Waals surface area contributed by atoms with Crippen LogP contribution in [0.5, 0.6) is 11.5 Å². The first kappa shape index (κ1) is 16.1. The van der Waals surface area contributed by atoms with Gasteiger partial charge in [-0.2, -0.15) is 18.4 Å². The lowest BCUT2D eigenvalue weighted by Crippen LogP contribution is -2.49. The fourth-order valence-electron chi connectivity index (χ4n) is 2.52. The molecule has 0 spiro atoms. The van der Waals surface area contributed by atoms with Gasteiger partial charge in [0, 0.05) is 11.6 Å². The molecule has 0 saturated heterocycles. The van der Waals surface area contributed by atoms with E-state index < -0.39 is 17.5 Å². The van der Waals surface area contributed by atoms with Crippen molar-refractivity contribution in [1.82, 2.24) is 4.98 Å². The number of ether oxygens (including phenoxy) is 2. The van der Waals surface area contributed by atoms with Crippen LogP contribution >= 0.6 is 0 Å². The smallest absolute Gasteiger partial charge is 0.460 e. The Morgan fingerprint density at radius 1 is 1.33 bits per heavy atom. The highest BCUT2D eigenvalue weighted by atomic mass is 19.4. The van der Waals surface area contributed by atoms with E-state index in [9.17, 15) is 18.3 Å². The number of pyridine rings is 1. The van der Waals surface area contributed by atoms with Gasteiger partial charge in [0.05, 0.1) is 29.6 Å². The minimum Gasteiger partial charge on any atom is -0.497 e. The molecule has 8 heteroatoms. The summed E-state index contributed by atoms with van der Waals surface area (Å²) in [5, 5.41) is 19.3. The van der Waals surface area contributed by atoms with Crippen molar-refractivity contribution in [3.05, 3.63) is 41.1 Å². The fraction of sp³-hybridized carbons (Fsp3) is 0.250. The number of fused-ring (bicyclic) bond motifs is 3. The molecule has 2 aromatic rings. The highest BCUT2D eigenvalue weighted by Crippen LogP contribution is 2.51. The minimum atomic E-state index is -5.13. The van der Waals surface area contributed by atoms with Gasteiger partial charge < -0.3 is 14.6 Å². The molecular weight excluding hydrogens is 325 g/mol. The van der Waals surface area contributed by atoms with E-state index >= 15 is 0 Å². The van der Waals surface area contributed by atoms with Gasteiger partial charge in [-0.25, -0.2) is 0 Å². The van der Waals surface area contributed by atoms with Crippen LogP contribution in [0, 0.1) is 18.3 Å². The number of aryl methyl sites for hydroxylation is 1. The van der Waals surface area contributed by atoms with Gasteiger partial charge in [0.15, 0.2) is 0 Å². The summed E-state index contributed by atoms with van der Waals surface area (Å²) < 4.78 is 50.4. The zero-order chi connectivity index (χ0) is 17.7. The van der Waals surface area contributed by atoms with Crippen LogP contribution in [-0.4, -0.2) is 23.4 Å². The number of alkyl halides is 3. The Bertz CT molecular complexity index is 874. The second-order valence-corrected chi connectivity index (χ2v) is 5.24. The third kappa shape index (κ3) is 2.17. The van der Waals surface area contributed by atoms with Gasteiger partial charge in [0.25, 0.3) is 0 Å². The maximum Gasteiger partial charge on any atom is 0.460 e. The molecule has 1 aromatic heterocycles. The SMILES string of the molecule is COc1ccc2c(c1)OC(O)(C(F)(F)F)c1cc(C#N)c(C)nc1-2. The van der Waals surface area contributed by atoms with Gasteiger partial charge in [-0.15, -0.1) is 0 Å². The maximum atomic E-state index is 13.5. The number of aromatic nitrogens is 1. The summed E-state index contributed by atoms with van der Waals surface area (Å²) >= 11 is 0. The summed E-state index contributed by atoms with van der Waals surface area (Å²) in [5.41, 5.74) is -0.251. The molecular formula is C16H11F3N2O3. The number of hydrogen-bond acceptors (Lipinski definition) is 5. The number of aliphatic hydroxyl groups is 1. The summed E-state index contributed by atoms with van der Waals surface area (Å²) in [6, 6.07) is 6.99. The first-order valence-electron chi connectivity index (χ1n) is 6.80. The summed E-state index contributed by atoms with van der Waals surface area (Å²) in [4.78, 5) is 4.09. The minimum absolute atomic E-state index is 0.0722. The van der Waals surface area contributed by atoms with Crippen LogP contribution in [0.3, 0.4) is 0 Å². The molecule has 0 radical (unpaired) electrons. The van der Waals surface area contributed by atoms with Gasteiger partial charge in [-0.3, -0.25) is 4.98 Å². The topological polar surface area (TPSA) is 75.4 Å². The van der Waals surface area contributed by atoms with E-state index in [1.54, 1.807) is 12.1 Å². The number of nitrogens with zero attached hydrogens (tertiary/aromatic N) is 2. The molecule has 1 aliphatic rings. The molecule has 1 N–H and O–H groups in total. The second-order valence-electron chi connectivity index (χ2n) is 5.24. The highest BCUT2D eigenvalue weighted by molar-refractivity contribution is 5.75. The van der Waals surface area contributed by atoms with Crippen LogP contribution < -0.4 is 9.47 Å². The van der Waals surface area contributed by atoms with Crippen molar-refractivity contribution in [2.45, 2.75) is 18.9 Å². The van der Waals surface area contributed by atoms with Crippen molar-refractivity contribution in [2.75, 3.05) is 7.11 Å². The third-order valence-corrected chi connectivity index (χ3v) is 3.78. The molecule has 3 rings (SSSR count). The molecule has 0 amide bonds. The molecule has 124 valence electrons. The Morgan fingerprint density at radius 3 is 2.62 bits per heavy atom. The molecule has 0 fully saturated rings. The molecule has 0 saturated carbocycles. The van der Waals surface area contributed by atoms with Gasteiger partial charge in [0.1, 0.15) is 17.6 Å². The van der Waals surface area contributed by atoms with Gasteiger partial charge in [0.2, 0.25) is 0 Å². The zero-order valence-electron chi connectivity index (χ0n) is 12.6. The van der Waals surface area contributed by atoms with Crippen molar-refractivity contribution >= 4 is 0 Å². The van der Waals surface area contributed by atoms with Crippen LogP contribution in [0.1, 0.15) is 16.8 Å². The molecule has 0 aliphatic carbocycles. The standard InChI is InChI=1S/C16H11F3N2O3/c1-8-9(7-20)5-12-14(21-8)11-4-3-10(23-2)6-13(11)24-15(12,22)16(17,18)19/h3-6,22H,1-2H3. The van der Waals surface area contributed by atoms with E-state index in [0.29, 0.717) is 0 Å². The Morgan fingerprint density at radius 2 is 2.04 bits per heavy atom. The van der Waals surface area contributed by atoms with Gasteiger partial charge >= 0.3 is 12.0 Å². The van der Waals surface area contributed by atoms with Gasteiger partial charge in [-0.05, 0) is 25.1 Å². The summed E-state index contributed by atoms with van der Waals surface area (Å²) in [6.07, 6.45) is -5.13. The Labute approximate surface area is 134 Å². The molecule has 1 aliphatic heterocycles. The molecule has 1 unspecified atom stereocenters. The van der Waals surface area contributed by atoms with E-state index in [2.05, 4.69) is 4.98 Å². The number of benzene rings is 1. The predicted octanol–water partition coefficient (Wildman–Crippen LogP) is 3.04. The first-order valence-corrected chi connectivity index (χ1v) is 6.80. The normalized spacial score (nSPS) is 18.9. The first-order chi connectivity index (χ1) is 11.2. The van der Waals surface area contributed by atoms with Crippen LogP contribution in [0.2, 0.25) is 0 Å². The fourth-order valence-corrected chi connectivity index (χ4v) is 2.52. The van der Waals surface area contributed by atoms with Crippen molar-refractivity contribution in [3.8, 4) is 28.8 Å². The molecule has 1 aromatic carbocycles. The van der Waals surface area contributed by atoms with Crippen LogP contribution in [0.15, 0.2) is 24.3 Å². The number of methoxy groups -OCH3 is 1. The van der Waals surface area contributed by atoms with Crippen LogP contribution in [0.25, 0.3) is 11.3 Å². The summed E-state index contributed by atoms with van der Waals surface area (Å²) in [6.45, 7) is 1.50. The van der Waals surface area contributed by atoms with E-state index in [1.807, 2.05) is 0 Å². The Kier molecular flexibility index (Phi) is 3.42. The van der Waals surface area contributed by atoms with E-state index in [-0.39, 0.29) is 34.0 Å². The van der Waals surface area contributed by atoms with Crippen molar-refractivity contribution < 1.29 is 27.8 Å². The Balaban J connectivity index is 2.36. The average molecular weight is 336 g/mol. The third-order valence-electron chi connectivity index (χ3n) is 3.78. The lowest BCUT2D eigenvalue weighted by molar-refractivity contribution is -0.345. The zero-order valence-corrected chi connectivity index (χ0v) is 12.6. The van der Waals surface area contributed by atoms with E-state index in [1.165, 1.54) is 26.2 Å².